The van der Waals surface area contributed by atoms with E-state index in [1.165, 1.54) is 11.1 Å². The van der Waals surface area contributed by atoms with E-state index in [2.05, 4.69) is 44.5 Å². The van der Waals surface area contributed by atoms with E-state index in [1.807, 2.05) is 33.8 Å². The second kappa shape index (κ2) is 7.84. The Kier molecular flexibility index (Phi) is 5.34. The molecule has 2 heterocycles. The van der Waals surface area contributed by atoms with Gasteiger partial charge in [-0.05, 0) is 57.7 Å². The van der Waals surface area contributed by atoms with Crippen LogP contribution in [0.25, 0.3) is 0 Å². The van der Waals surface area contributed by atoms with E-state index < -0.39 is 0 Å². The van der Waals surface area contributed by atoms with Crippen LogP contribution in [0.3, 0.4) is 0 Å². The van der Waals surface area contributed by atoms with Crippen molar-refractivity contribution in [3.63, 3.8) is 0 Å². The van der Waals surface area contributed by atoms with Crippen molar-refractivity contribution in [1.82, 2.24) is 15.3 Å². The quantitative estimate of drug-likeness (QED) is 0.799. The molecule has 1 N–H and O–H groups in total. The molecule has 0 saturated carbocycles. The zero-order valence-corrected chi connectivity index (χ0v) is 18.6. The van der Waals surface area contributed by atoms with Crippen molar-refractivity contribution in [3.05, 3.63) is 52.8 Å². The smallest absolute Gasteiger partial charge is 0.407 e. The third-order valence-electron chi connectivity index (χ3n) is 6.20. The van der Waals surface area contributed by atoms with Gasteiger partial charge >= 0.3 is 6.09 Å². The van der Waals surface area contributed by atoms with Gasteiger partial charge < -0.3 is 15.0 Å². The second-order valence-corrected chi connectivity index (χ2v) is 9.58. The molecule has 0 bridgehead atoms. The molecule has 1 atom stereocenters. The summed E-state index contributed by atoms with van der Waals surface area (Å²) >= 11 is 0. The summed E-state index contributed by atoms with van der Waals surface area (Å²) in [7, 11) is 0. The Morgan fingerprint density at radius 3 is 2.65 bits per heavy atom. The van der Waals surface area contributed by atoms with Gasteiger partial charge in [0.25, 0.3) is 0 Å². The van der Waals surface area contributed by atoms with E-state index >= 15 is 0 Å². The number of hydrogen-bond acceptors (Lipinski definition) is 6. The molecule has 7 heteroatoms. The largest absolute Gasteiger partial charge is 0.445 e. The van der Waals surface area contributed by atoms with Gasteiger partial charge in [-0.15, -0.1) is 0 Å². The van der Waals surface area contributed by atoms with Crippen LogP contribution in [-0.2, 0) is 16.6 Å². The number of nitriles is 1. The van der Waals surface area contributed by atoms with E-state index in [4.69, 9.17) is 4.74 Å². The number of aryl methyl sites for hydroxylation is 1. The van der Waals surface area contributed by atoms with Gasteiger partial charge in [-0.3, -0.25) is 0 Å². The number of nitrogens with one attached hydrogen (secondary N) is 1. The average Bonchev–Trinajstić information content (AvgIpc) is 2.99. The summed E-state index contributed by atoms with van der Waals surface area (Å²) in [6, 6.07) is 12.2. The number of aromatic nitrogens is 2. The molecule has 2 aliphatic rings. The standard InChI is InChI=1S/C24H29N5O2/c1-16-13-18(15-25)27-21(26-16)29-11-9-24(10-12-29)19-8-6-5-7-17(19)14-20(24)31-22(30)28-23(2,3)4/h5-8,13,20H,9-12,14H2,1-4H3,(H,28,30)/t20-/m1/s1. The molecule has 2 aromatic rings. The molecule has 1 saturated heterocycles. The fourth-order valence-corrected chi connectivity index (χ4v) is 4.82. The molecule has 1 aromatic carbocycles. The van der Waals surface area contributed by atoms with Crippen molar-refractivity contribution in [2.75, 3.05) is 18.0 Å². The van der Waals surface area contributed by atoms with Crippen LogP contribution in [0, 0.1) is 18.3 Å². The first-order chi connectivity index (χ1) is 14.7. The Hall–Kier alpha value is -3.14. The number of fused-ring (bicyclic) bond motifs is 2. The molecule has 1 aliphatic carbocycles. The third kappa shape index (κ3) is 4.20. The van der Waals surface area contributed by atoms with Crippen molar-refractivity contribution in [2.24, 2.45) is 0 Å². The number of carbonyl (C=O) groups excluding carboxylic acids is 1. The summed E-state index contributed by atoms with van der Waals surface area (Å²) in [5.74, 6) is 0.598. The molecule has 0 radical (unpaired) electrons. The SMILES string of the molecule is Cc1cc(C#N)nc(N2CCC3(CC2)c2ccccc2C[C@H]3OC(=O)NC(C)(C)C)n1. The first kappa shape index (κ1) is 21.1. The Balaban J connectivity index is 1.57. The lowest BCUT2D eigenvalue weighted by Gasteiger charge is -2.43. The lowest BCUT2D eigenvalue weighted by atomic mass is 9.72. The Morgan fingerprint density at radius 2 is 1.97 bits per heavy atom. The maximum atomic E-state index is 12.6. The van der Waals surface area contributed by atoms with Crippen molar-refractivity contribution in [1.29, 1.82) is 5.26 Å². The number of anilines is 1. The predicted molar refractivity (Wildman–Crippen MR) is 118 cm³/mol. The number of piperidine rings is 1. The van der Waals surface area contributed by atoms with Gasteiger partial charge in [-0.25, -0.2) is 14.8 Å². The van der Waals surface area contributed by atoms with Crippen LogP contribution in [0.4, 0.5) is 10.7 Å². The highest BCUT2D eigenvalue weighted by Gasteiger charge is 2.50. The first-order valence-electron chi connectivity index (χ1n) is 10.8. The van der Waals surface area contributed by atoms with E-state index in [-0.39, 0.29) is 23.2 Å². The summed E-state index contributed by atoms with van der Waals surface area (Å²) in [4.78, 5) is 23.7. The molecule has 31 heavy (non-hydrogen) atoms. The van der Waals surface area contributed by atoms with Gasteiger partial charge in [-0.1, -0.05) is 24.3 Å². The van der Waals surface area contributed by atoms with Gasteiger partial charge in [-0.2, -0.15) is 5.26 Å². The van der Waals surface area contributed by atoms with E-state index in [0.717, 1.165) is 38.0 Å². The summed E-state index contributed by atoms with van der Waals surface area (Å²) in [5.41, 5.74) is 3.14. The Morgan fingerprint density at radius 1 is 1.26 bits per heavy atom. The minimum atomic E-state index is -0.368. The molecular formula is C24H29N5O2. The highest BCUT2D eigenvalue weighted by atomic mass is 16.6. The minimum Gasteiger partial charge on any atom is -0.445 e. The van der Waals surface area contributed by atoms with Crippen LogP contribution in [0.1, 0.15) is 56.1 Å². The van der Waals surface area contributed by atoms with Crippen LogP contribution in [0.15, 0.2) is 30.3 Å². The van der Waals surface area contributed by atoms with Gasteiger partial charge in [0.1, 0.15) is 17.9 Å². The molecule has 1 aromatic heterocycles. The number of rotatable bonds is 2. The number of hydrogen-bond donors (Lipinski definition) is 1. The van der Waals surface area contributed by atoms with E-state index in [1.54, 1.807) is 6.07 Å². The van der Waals surface area contributed by atoms with Crippen LogP contribution in [0.5, 0.6) is 0 Å². The molecule has 1 spiro atoms. The lowest BCUT2D eigenvalue weighted by Crippen LogP contribution is -2.51. The Bertz CT molecular complexity index is 1030. The predicted octanol–water partition coefficient (Wildman–Crippen LogP) is 3.64. The van der Waals surface area contributed by atoms with Crippen LogP contribution in [-0.4, -0.2) is 40.8 Å². The summed E-state index contributed by atoms with van der Waals surface area (Å²) in [6.07, 6.45) is 1.82. The number of amides is 1. The summed E-state index contributed by atoms with van der Waals surface area (Å²) < 4.78 is 6.02. The number of benzene rings is 1. The van der Waals surface area contributed by atoms with Gasteiger partial charge in [0.2, 0.25) is 5.95 Å². The molecule has 1 aliphatic heterocycles. The summed E-state index contributed by atoms with van der Waals surface area (Å²) in [6.45, 7) is 9.20. The number of alkyl carbamates (subject to hydrolysis) is 1. The molecule has 0 unspecified atom stereocenters. The first-order valence-corrected chi connectivity index (χ1v) is 10.8. The number of ether oxygens (including phenoxy) is 1. The average molecular weight is 420 g/mol. The van der Waals surface area contributed by atoms with Crippen LogP contribution in [0.2, 0.25) is 0 Å². The molecule has 1 fully saturated rings. The molecule has 7 nitrogen and oxygen atoms in total. The fraction of sp³-hybridized carbons (Fsp3) is 0.500. The normalized spacial score (nSPS) is 19.6. The monoisotopic (exact) mass is 419 g/mol. The summed E-state index contributed by atoms with van der Waals surface area (Å²) in [5, 5.41) is 12.2. The van der Waals surface area contributed by atoms with Crippen LogP contribution < -0.4 is 10.2 Å². The zero-order valence-electron chi connectivity index (χ0n) is 18.6. The van der Waals surface area contributed by atoms with E-state index in [9.17, 15) is 10.1 Å². The number of carbonyl (C=O) groups is 1. The van der Waals surface area contributed by atoms with Gasteiger partial charge in [0.15, 0.2) is 0 Å². The maximum Gasteiger partial charge on any atom is 0.407 e. The van der Waals surface area contributed by atoms with Crippen LogP contribution >= 0.6 is 0 Å². The molecular weight excluding hydrogens is 390 g/mol. The molecule has 1 amide bonds. The van der Waals surface area contributed by atoms with Gasteiger partial charge in [0, 0.05) is 36.2 Å². The Labute approximate surface area is 183 Å². The van der Waals surface area contributed by atoms with Crippen molar-refractivity contribution in [2.45, 2.75) is 64.0 Å². The van der Waals surface area contributed by atoms with Crippen molar-refractivity contribution >= 4 is 12.0 Å². The molecule has 162 valence electrons. The molecule has 4 rings (SSSR count). The minimum absolute atomic E-state index is 0.206. The zero-order chi connectivity index (χ0) is 22.2. The fourth-order valence-electron chi connectivity index (χ4n) is 4.82. The second-order valence-electron chi connectivity index (χ2n) is 9.58. The van der Waals surface area contributed by atoms with Crippen molar-refractivity contribution in [3.8, 4) is 6.07 Å². The van der Waals surface area contributed by atoms with Crippen molar-refractivity contribution < 1.29 is 9.53 Å². The van der Waals surface area contributed by atoms with E-state index in [0.29, 0.717) is 11.6 Å². The third-order valence-corrected chi connectivity index (χ3v) is 6.20. The lowest BCUT2D eigenvalue weighted by molar-refractivity contribution is 0.0397. The van der Waals surface area contributed by atoms with Gasteiger partial charge in [0.05, 0.1) is 0 Å². The topological polar surface area (TPSA) is 91.1 Å². The maximum absolute atomic E-state index is 12.6. The highest BCUT2D eigenvalue weighted by molar-refractivity contribution is 5.69. The number of nitrogens with zero attached hydrogens (tertiary/aromatic N) is 4. The highest BCUT2D eigenvalue weighted by Crippen LogP contribution is 2.48.